The van der Waals surface area contributed by atoms with E-state index in [1.807, 2.05) is 6.92 Å². The Kier molecular flexibility index (Phi) is 4.73. The molecule has 0 bridgehead atoms. The maximum atomic E-state index is 12.9. The first-order valence-corrected chi connectivity index (χ1v) is 8.60. The molecule has 1 heterocycles. The van der Waals surface area contributed by atoms with E-state index in [-0.39, 0.29) is 17.8 Å². The van der Waals surface area contributed by atoms with Gasteiger partial charge in [0.2, 0.25) is 0 Å². The molecule has 1 fully saturated rings. The molecule has 6 heteroatoms. The lowest BCUT2D eigenvalue weighted by Crippen LogP contribution is -2.33. The number of amides is 1. The van der Waals surface area contributed by atoms with E-state index in [0.717, 1.165) is 18.5 Å². The number of nitrogens with one attached hydrogen (secondary N) is 1. The molecule has 122 valence electrons. The molecular formula is C17H19FN2O2S. The predicted molar refractivity (Wildman–Crippen MR) is 87.0 cm³/mol. The van der Waals surface area contributed by atoms with Gasteiger partial charge in [0.15, 0.2) is 0 Å². The van der Waals surface area contributed by atoms with Gasteiger partial charge in [-0.15, -0.1) is 11.3 Å². The van der Waals surface area contributed by atoms with Gasteiger partial charge in [-0.1, -0.05) is 12.1 Å². The van der Waals surface area contributed by atoms with Crippen LogP contribution < -0.4 is 5.32 Å². The smallest absolute Gasteiger partial charge is 0.263 e. The van der Waals surface area contributed by atoms with E-state index in [2.05, 4.69) is 10.3 Å². The monoisotopic (exact) mass is 334 g/mol. The molecule has 2 aromatic rings. The van der Waals surface area contributed by atoms with Crippen molar-refractivity contribution in [2.45, 2.75) is 44.2 Å². The summed E-state index contributed by atoms with van der Waals surface area (Å²) in [5.41, 5.74) is 3.25. The number of rotatable bonds is 6. The SMILES string of the molecule is CC(CC(O)c1ccc(F)cc1)NC(=O)c1scnc1C1CC1. The minimum Gasteiger partial charge on any atom is -0.388 e. The van der Waals surface area contributed by atoms with Crippen molar-refractivity contribution in [2.24, 2.45) is 0 Å². The lowest BCUT2D eigenvalue weighted by atomic mass is 10.0. The van der Waals surface area contributed by atoms with Crippen LogP contribution in [-0.2, 0) is 0 Å². The van der Waals surface area contributed by atoms with E-state index in [1.54, 1.807) is 17.6 Å². The maximum absolute atomic E-state index is 12.9. The van der Waals surface area contributed by atoms with Crippen LogP contribution in [-0.4, -0.2) is 22.0 Å². The Morgan fingerprint density at radius 1 is 1.43 bits per heavy atom. The topological polar surface area (TPSA) is 62.2 Å². The highest BCUT2D eigenvalue weighted by molar-refractivity contribution is 7.11. The molecule has 2 atom stereocenters. The number of nitrogens with zero attached hydrogens (tertiary/aromatic N) is 1. The molecule has 23 heavy (non-hydrogen) atoms. The zero-order valence-corrected chi connectivity index (χ0v) is 13.6. The third kappa shape index (κ3) is 3.95. The largest absolute Gasteiger partial charge is 0.388 e. The highest BCUT2D eigenvalue weighted by Gasteiger charge is 2.31. The number of aliphatic hydroxyl groups excluding tert-OH is 1. The van der Waals surface area contributed by atoms with Crippen molar-refractivity contribution in [3.05, 3.63) is 51.7 Å². The van der Waals surface area contributed by atoms with Crippen molar-refractivity contribution in [1.82, 2.24) is 10.3 Å². The van der Waals surface area contributed by atoms with Gasteiger partial charge in [-0.2, -0.15) is 0 Å². The lowest BCUT2D eigenvalue weighted by molar-refractivity contribution is 0.0920. The second-order valence-electron chi connectivity index (χ2n) is 6.02. The van der Waals surface area contributed by atoms with Gasteiger partial charge in [-0.25, -0.2) is 9.37 Å². The molecule has 1 saturated carbocycles. The van der Waals surface area contributed by atoms with Crippen molar-refractivity contribution in [1.29, 1.82) is 0 Å². The molecule has 1 aliphatic carbocycles. The Hall–Kier alpha value is -1.79. The first-order chi connectivity index (χ1) is 11.0. The lowest BCUT2D eigenvalue weighted by Gasteiger charge is -2.18. The zero-order chi connectivity index (χ0) is 16.4. The summed E-state index contributed by atoms with van der Waals surface area (Å²) in [7, 11) is 0. The normalized spacial score (nSPS) is 16.8. The second-order valence-corrected chi connectivity index (χ2v) is 6.87. The summed E-state index contributed by atoms with van der Waals surface area (Å²) >= 11 is 1.36. The Balaban J connectivity index is 1.58. The van der Waals surface area contributed by atoms with Crippen molar-refractivity contribution in [3.63, 3.8) is 0 Å². The number of aliphatic hydroxyl groups is 1. The standard InChI is InChI=1S/C17H19FN2O2S/c1-10(8-14(21)11-4-6-13(18)7-5-11)20-17(22)16-15(12-2-3-12)19-9-23-16/h4-7,9-10,12,14,21H,2-3,8H2,1H3,(H,20,22). The highest BCUT2D eigenvalue weighted by atomic mass is 32.1. The minimum atomic E-state index is -0.740. The first-order valence-electron chi connectivity index (χ1n) is 7.72. The van der Waals surface area contributed by atoms with E-state index in [4.69, 9.17) is 0 Å². The maximum Gasteiger partial charge on any atom is 0.263 e. The van der Waals surface area contributed by atoms with Crippen LogP contribution >= 0.6 is 11.3 Å². The Bertz CT molecular complexity index is 682. The van der Waals surface area contributed by atoms with Gasteiger partial charge >= 0.3 is 0 Å². The van der Waals surface area contributed by atoms with Gasteiger partial charge < -0.3 is 10.4 Å². The predicted octanol–water partition coefficient (Wildman–Crippen LogP) is 3.40. The third-order valence-electron chi connectivity index (χ3n) is 3.97. The van der Waals surface area contributed by atoms with Crippen molar-refractivity contribution < 1.29 is 14.3 Å². The Labute approximate surface area is 138 Å². The number of benzene rings is 1. The first kappa shape index (κ1) is 16.1. The van der Waals surface area contributed by atoms with Gasteiger partial charge in [0.05, 0.1) is 17.3 Å². The summed E-state index contributed by atoms with van der Waals surface area (Å²) in [6, 6.07) is 5.56. The molecule has 1 aliphatic rings. The number of halogens is 1. The van der Waals surface area contributed by atoms with Crippen LogP contribution in [0.3, 0.4) is 0 Å². The summed E-state index contributed by atoms with van der Waals surface area (Å²) in [5, 5.41) is 13.1. The number of carbonyl (C=O) groups excluding carboxylic acids is 1. The van der Waals surface area contributed by atoms with Crippen LogP contribution in [0, 0.1) is 5.82 Å². The van der Waals surface area contributed by atoms with Gasteiger partial charge in [-0.3, -0.25) is 4.79 Å². The summed E-state index contributed by atoms with van der Waals surface area (Å²) in [4.78, 5) is 17.3. The minimum absolute atomic E-state index is 0.131. The summed E-state index contributed by atoms with van der Waals surface area (Å²) in [6.07, 6.45) is 1.83. The average Bonchev–Trinajstić information content (AvgIpc) is 3.24. The highest BCUT2D eigenvalue weighted by Crippen LogP contribution is 2.41. The summed E-state index contributed by atoms with van der Waals surface area (Å²) < 4.78 is 12.9. The molecule has 2 unspecified atom stereocenters. The van der Waals surface area contributed by atoms with Crippen LogP contribution in [0.2, 0.25) is 0 Å². The molecule has 0 radical (unpaired) electrons. The van der Waals surface area contributed by atoms with Gasteiger partial charge in [0.1, 0.15) is 10.7 Å². The third-order valence-corrected chi connectivity index (χ3v) is 4.82. The summed E-state index contributed by atoms with van der Waals surface area (Å²) in [5.74, 6) is -0.0320. The molecule has 0 aliphatic heterocycles. The zero-order valence-electron chi connectivity index (χ0n) is 12.8. The van der Waals surface area contributed by atoms with E-state index in [1.165, 1.54) is 23.5 Å². The van der Waals surface area contributed by atoms with Crippen LogP contribution in [0.15, 0.2) is 29.8 Å². The molecule has 0 spiro atoms. The summed E-state index contributed by atoms with van der Waals surface area (Å²) in [6.45, 7) is 1.85. The quantitative estimate of drug-likeness (QED) is 0.851. The molecule has 0 saturated heterocycles. The van der Waals surface area contributed by atoms with Gasteiger partial charge in [0.25, 0.3) is 5.91 Å². The number of carbonyl (C=O) groups is 1. The molecule has 1 aromatic heterocycles. The van der Waals surface area contributed by atoms with Gasteiger partial charge in [-0.05, 0) is 43.9 Å². The van der Waals surface area contributed by atoms with Crippen molar-refractivity contribution in [2.75, 3.05) is 0 Å². The molecule has 3 rings (SSSR count). The second kappa shape index (κ2) is 6.76. The van der Waals surface area contributed by atoms with E-state index < -0.39 is 6.10 Å². The number of hydrogen-bond donors (Lipinski definition) is 2. The fourth-order valence-electron chi connectivity index (χ4n) is 2.58. The molecule has 1 amide bonds. The van der Waals surface area contributed by atoms with Crippen LogP contribution in [0.1, 0.15) is 59.1 Å². The molecule has 2 N–H and O–H groups in total. The van der Waals surface area contributed by atoms with Gasteiger partial charge in [0, 0.05) is 12.0 Å². The fraction of sp³-hybridized carbons (Fsp3) is 0.412. The Morgan fingerprint density at radius 3 is 2.78 bits per heavy atom. The van der Waals surface area contributed by atoms with E-state index in [0.29, 0.717) is 22.8 Å². The number of thiazole rings is 1. The average molecular weight is 334 g/mol. The number of aromatic nitrogens is 1. The van der Waals surface area contributed by atoms with Crippen LogP contribution in [0.25, 0.3) is 0 Å². The van der Waals surface area contributed by atoms with Crippen LogP contribution in [0.5, 0.6) is 0 Å². The Morgan fingerprint density at radius 2 is 2.13 bits per heavy atom. The molecule has 1 aromatic carbocycles. The molecular weight excluding hydrogens is 315 g/mol. The van der Waals surface area contributed by atoms with E-state index in [9.17, 15) is 14.3 Å². The van der Waals surface area contributed by atoms with Crippen LogP contribution in [0.4, 0.5) is 4.39 Å². The number of hydrogen-bond acceptors (Lipinski definition) is 4. The van der Waals surface area contributed by atoms with E-state index >= 15 is 0 Å². The molecule has 4 nitrogen and oxygen atoms in total. The van der Waals surface area contributed by atoms with Crippen molar-refractivity contribution in [3.8, 4) is 0 Å². The fourth-order valence-corrected chi connectivity index (χ4v) is 3.35. The van der Waals surface area contributed by atoms with Crippen molar-refractivity contribution >= 4 is 17.2 Å².